The van der Waals surface area contributed by atoms with Crippen molar-refractivity contribution in [2.24, 2.45) is 0 Å². The molecule has 1 aliphatic carbocycles. The maximum absolute atomic E-state index is 12.4. The molecule has 4 rings (SSSR count). The van der Waals surface area contributed by atoms with Crippen LogP contribution in [0, 0.1) is 0 Å². The topological polar surface area (TPSA) is 90.0 Å². The van der Waals surface area contributed by atoms with Crippen LogP contribution in [0.2, 0.25) is 0 Å². The predicted molar refractivity (Wildman–Crippen MR) is 100 cm³/mol. The first-order chi connectivity index (χ1) is 13.1. The molecule has 1 N–H and O–H groups in total. The molecule has 0 aliphatic heterocycles. The van der Waals surface area contributed by atoms with E-state index in [1.165, 1.54) is 10.6 Å². The first-order valence-electron chi connectivity index (χ1n) is 9.05. The quantitative estimate of drug-likeness (QED) is 0.726. The van der Waals surface area contributed by atoms with E-state index in [4.69, 9.17) is 4.52 Å². The Morgan fingerprint density at radius 1 is 1.30 bits per heavy atom. The van der Waals surface area contributed by atoms with E-state index in [2.05, 4.69) is 22.4 Å². The lowest BCUT2D eigenvalue weighted by molar-refractivity contribution is -0.116. The van der Waals surface area contributed by atoms with Crippen molar-refractivity contribution in [2.45, 2.75) is 38.6 Å². The summed E-state index contributed by atoms with van der Waals surface area (Å²) in [6.45, 7) is 1.96. The van der Waals surface area contributed by atoms with Gasteiger partial charge in [-0.05, 0) is 43.0 Å². The molecule has 7 heteroatoms. The van der Waals surface area contributed by atoms with Crippen LogP contribution in [0.5, 0.6) is 0 Å². The Morgan fingerprint density at radius 2 is 2.15 bits per heavy atom. The minimum absolute atomic E-state index is 0.0906. The highest BCUT2D eigenvalue weighted by molar-refractivity contribution is 5.90. The van der Waals surface area contributed by atoms with Crippen molar-refractivity contribution in [2.75, 3.05) is 5.32 Å². The number of nitrogens with one attached hydrogen (secondary N) is 1. The van der Waals surface area contributed by atoms with Crippen molar-refractivity contribution in [3.05, 3.63) is 64.3 Å². The van der Waals surface area contributed by atoms with Crippen molar-refractivity contribution in [1.82, 2.24) is 14.7 Å². The molecular weight excluding hydrogens is 344 g/mol. The summed E-state index contributed by atoms with van der Waals surface area (Å²) in [6, 6.07) is 10.7. The zero-order valence-electron chi connectivity index (χ0n) is 15.0. The average Bonchev–Trinajstić information content (AvgIpc) is 3.40. The van der Waals surface area contributed by atoms with Gasteiger partial charge in [0.05, 0.1) is 5.56 Å². The van der Waals surface area contributed by atoms with Crippen LogP contribution in [0.3, 0.4) is 0 Å². The molecule has 0 unspecified atom stereocenters. The maximum Gasteiger partial charge on any atom is 0.259 e. The molecule has 2 aromatic heterocycles. The highest BCUT2D eigenvalue weighted by atomic mass is 16.5. The summed E-state index contributed by atoms with van der Waals surface area (Å²) in [4.78, 5) is 28.9. The lowest BCUT2D eigenvalue weighted by Crippen LogP contribution is -2.26. The number of carbonyl (C=O) groups is 1. The van der Waals surface area contributed by atoms with Gasteiger partial charge in [-0.2, -0.15) is 4.98 Å². The Labute approximate surface area is 156 Å². The smallest absolute Gasteiger partial charge is 0.259 e. The summed E-state index contributed by atoms with van der Waals surface area (Å²) in [6.07, 6.45) is 4.63. The third kappa shape index (κ3) is 3.97. The molecule has 0 bridgehead atoms. The number of pyridine rings is 1. The van der Waals surface area contributed by atoms with Gasteiger partial charge in [0.1, 0.15) is 6.54 Å². The second-order valence-electron chi connectivity index (χ2n) is 6.72. The van der Waals surface area contributed by atoms with Crippen molar-refractivity contribution >= 4 is 11.6 Å². The van der Waals surface area contributed by atoms with Crippen LogP contribution < -0.4 is 10.9 Å². The van der Waals surface area contributed by atoms with Gasteiger partial charge in [-0.1, -0.05) is 24.2 Å². The van der Waals surface area contributed by atoms with Crippen molar-refractivity contribution in [1.29, 1.82) is 0 Å². The van der Waals surface area contributed by atoms with Crippen molar-refractivity contribution < 1.29 is 9.32 Å². The molecule has 138 valence electrons. The Bertz CT molecular complexity index is 1030. The summed E-state index contributed by atoms with van der Waals surface area (Å²) in [7, 11) is 0. The van der Waals surface area contributed by atoms with Crippen molar-refractivity contribution in [3.63, 3.8) is 0 Å². The van der Waals surface area contributed by atoms with Gasteiger partial charge in [0.2, 0.25) is 5.91 Å². The Hall–Kier alpha value is -3.22. The van der Waals surface area contributed by atoms with Gasteiger partial charge in [-0.25, -0.2) is 0 Å². The number of nitrogens with zero attached hydrogens (tertiary/aromatic N) is 3. The molecule has 1 fully saturated rings. The highest BCUT2D eigenvalue weighted by Gasteiger charge is 2.29. The molecule has 27 heavy (non-hydrogen) atoms. The lowest BCUT2D eigenvalue weighted by atomic mass is 10.1. The molecular formula is C20H20N4O3. The molecule has 0 spiro atoms. The second-order valence-corrected chi connectivity index (χ2v) is 6.72. The van der Waals surface area contributed by atoms with E-state index in [-0.39, 0.29) is 18.0 Å². The van der Waals surface area contributed by atoms with E-state index < -0.39 is 0 Å². The van der Waals surface area contributed by atoms with Gasteiger partial charge >= 0.3 is 0 Å². The Balaban J connectivity index is 1.50. The number of hydrogen-bond donors (Lipinski definition) is 1. The summed E-state index contributed by atoms with van der Waals surface area (Å²) in [5.74, 6) is 1.18. The van der Waals surface area contributed by atoms with E-state index in [0.717, 1.165) is 30.5 Å². The number of benzene rings is 1. The summed E-state index contributed by atoms with van der Waals surface area (Å²) in [5.41, 5.74) is 2.21. The number of hydrogen-bond acceptors (Lipinski definition) is 5. The van der Waals surface area contributed by atoms with E-state index in [0.29, 0.717) is 23.2 Å². The van der Waals surface area contributed by atoms with Crippen LogP contribution in [0.1, 0.15) is 37.1 Å². The molecule has 2 heterocycles. The van der Waals surface area contributed by atoms with Crippen LogP contribution in [-0.2, 0) is 17.8 Å². The SMILES string of the molecule is CCc1cccc(NC(=O)Cn2cc(-c3nc(C4CC4)no3)ccc2=O)c1. The second kappa shape index (κ2) is 7.19. The van der Waals surface area contributed by atoms with Gasteiger partial charge < -0.3 is 14.4 Å². The molecule has 0 saturated heterocycles. The normalized spacial score (nSPS) is 13.5. The fourth-order valence-corrected chi connectivity index (χ4v) is 2.87. The maximum atomic E-state index is 12.4. The fourth-order valence-electron chi connectivity index (χ4n) is 2.87. The predicted octanol–water partition coefficient (Wildman–Crippen LogP) is 2.98. The zero-order valence-corrected chi connectivity index (χ0v) is 15.0. The standard InChI is InChI=1S/C20H20N4O3/c1-2-13-4-3-5-16(10-13)21-17(25)12-24-11-15(8-9-18(24)26)20-22-19(23-27-20)14-6-7-14/h3-5,8-11,14H,2,6-7,12H2,1H3,(H,21,25). The minimum atomic E-state index is -0.272. The molecule has 3 aromatic rings. The lowest BCUT2D eigenvalue weighted by Gasteiger charge is -2.09. The summed E-state index contributed by atoms with van der Waals surface area (Å²) >= 11 is 0. The van der Waals surface area contributed by atoms with Gasteiger partial charge in [-0.3, -0.25) is 9.59 Å². The number of amides is 1. The summed E-state index contributed by atoms with van der Waals surface area (Å²) in [5, 5.41) is 6.82. The number of rotatable bonds is 6. The van der Waals surface area contributed by atoms with E-state index >= 15 is 0 Å². The number of carbonyl (C=O) groups excluding carboxylic acids is 1. The van der Waals surface area contributed by atoms with Crippen LogP contribution in [0.25, 0.3) is 11.5 Å². The minimum Gasteiger partial charge on any atom is -0.334 e. The third-order valence-corrected chi connectivity index (χ3v) is 4.55. The third-order valence-electron chi connectivity index (χ3n) is 4.55. The summed E-state index contributed by atoms with van der Waals surface area (Å²) < 4.78 is 6.64. The number of anilines is 1. The molecule has 7 nitrogen and oxygen atoms in total. The first-order valence-corrected chi connectivity index (χ1v) is 9.05. The molecule has 1 aliphatic rings. The first kappa shape index (κ1) is 17.2. The van der Waals surface area contributed by atoms with Crippen LogP contribution in [-0.4, -0.2) is 20.6 Å². The monoisotopic (exact) mass is 364 g/mol. The molecule has 0 atom stereocenters. The van der Waals surface area contributed by atoms with Crippen LogP contribution in [0.4, 0.5) is 5.69 Å². The van der Waals surface area contributed by atoms with Gasteiger partial charge in [0.25, 0.3) is 11.4 Å². The van der Waals surface area contributed by atoms with Gasteiger partial charge in [0.15, 0.2) is 5.82 Å². The number of aromatic nitrogens is 3. The van der Waals surface area contributed by atoms with E-state index in [9.17, 15) is 9.59 Å². The van der Waals surface area contributed by atoms with E-state index in [1.807, 2.05) is 24.3 Å². The molecule has 1 saturated carbocycles. The molecule has 1 aromatic carbocycles. The Morgan fingerprint density at radius 3 is 2.93 bits per heavy atom. The Kier molecular flexibility index (Phi) is 4.58. The highest BCUT2D eigenvalue weighted by Crippen LogP contribution is 2.38. The average molecular weight is 364 g/mol. The van der Waals surface area contributed by atoms with Crippen molar-refractivity contribution in [3.8, 4) is 11.5 Å². The van der Waals surface area contributed by atoms with Crippen LogP contribution >= 0.6 is 0 Å². The van der Waals surface area contributed by atoms with Gasteiger partial charge in [0, 0.05) is 23.9 Å². The largest absolute Gasteiger partial charge is 0.334 e. The zero-order chi connectivity index (χ0) is 18.8. The number of aryl methyl sites for hydroxylation is 1. The van der Waals surface area contributed by atoms with Gasteiger partial charge in [-0.15, -0.1) is 0 Å². The molecule has 0 radical (unpaired) electrons. The fraction of sp³-hybridized carbons (Fsp3) is 0.300. The van der Waals surface area contributed by atoms with E-state index in [1.54, 1.807) is 12.3 Å². The van der Waals surface area contributed by atoms with Crippen LogP contribution in [0.15, 0.2) is 51.9 Å². The molecule has 1 amide bonds.